The minimum Gasteiger partial charge on any atom is -0.489 e. The summed E-state index contributed by atoms with van der Waals surface area (Å²) in [6, 6.07) is 14.9. The first kappa shape index (κ1) is 32.1. The number of hydrogen-bond donors (Lipinski definition) is 1. The molecule has 45 heavy (non-hydrogen) atoms. The van der Waals surface area contributed by atoms with E-state index in [1.54, 1.807) is 12.4 Å². The number of nitrogens with two attached hydrogens (primary N) is 1. The standard InChI is InChI=1S/C37H44Cl2N4O2/c38-32-24-41-25-33(39)31(32)26-45-29-15-17-35-30(22-29)34(42-43(35)36-13-6-9-20-44-36)16-14-27-11-10-12-28(21-27)23-37(40)18-7-4-2-1-3-5-8-19-37/h10-12,14-17,21-22,24-25,36H,1-9,13,18-20,23,26,40H2/b16-14+. The van der Waals surface area contributed by atoms with Gasteiger partial charge in [-0.25, -0.2) is 4.68 Å². The highest BCUT2D eigenvalue weighted by Gasteiger charge is 2.25. The zero-order chi connectivity index (χ0) is 31.1. The van der Waals surface area contributed by atoms with Crippen molar-refractivity contribution in [3.63, 3.8) is 0 Å². The third-order valence-electron chi connectivity index (χ3n) is 9.26. The second kappa shape index (κ2) is 15.1. The van der Waals surface area contributed by atoms with E-state index >= 15 is 0 Å². The predicted molar refractivity (Wildman–Crippen MR) is 185 cm³/mol. The molecule has 1 aliphatic heterocycles. The highest BCUT2D eigenvalue weighted by molar-refractivity contribution is 6.35. The lowest BCUT2D eigenvalue weighted by Crippen LogP contribution is -2.42. The van der Waals surface area contributed by atoms with Crippen LogP contribution < -0.4 is 10.5 Å². The van der Waals surface area contributed by atoms with Crippen LogP contribution in [-0.4, -0.2) is 26.9 Å². The maximum Gasteiger partial charge on any atom is 0.150 e. The molecule has 0 radical (unpaired) electrons. The molecule has 3 heterocycles. The van der Waals surface area contributed by atoms with Crippen molar-refractivity contribution >= 4 is 46.3 Å². The molecule has 1 saturated heterocycles. The number of benzene rings is 2. The second-order valence-electron chi connectivity index (χ2n) is 12.8. The number of ether oxygens (including phenoxy) is 2. The Labute approximate surface area is 276 Å². The fraction of sp³-hybridized carbons (Fsp3) is 0.459. The van der Waals surface area contributed by atoms with Gasteiger partial charge in [-0.2, -0.15) is 5.10 Å². The Morgan fingerprint density at radius 3 is 2.40 bits per heavy atom. The summed E-state index contributed by atoms with van der Waals surface area (Å²) in [6.07, 6.45) is 22.7. The van der Waals surface area contributed by atoms with Crippen LogP contribution in [0.2, 0.25) is 10.0 Å². The van der Waals surface area contributed by atoms with Gasteiger partial charge in [-0.15, -0.1) is 0 Å². The molecule has 0 spiro atoms. The zero-order valence-electron chi connectivity index (χ0n) is 26.0. The Kier molecular flexibility index (Phi) is 10.8. The van der Waals surface area contributed by atoms with Crippen LogP contribution in [0.25, 0.3) is 23.1 Å². The highest BCUT2D eigenvalue weighted by atomic mass is 35.5. The molecule has 4 aromatic rings. The average Bonchev–Trinajstić information content (AvgIpc) is 3.41. The normalized spacial score (nSPS) is 19.6. The fourth-order valence-corrected chi connectivity index (χ4v) is 7.23. The van der Waals surface area contributed by atoms with E-state index in [4.69, 9.17) is 43.5 Å². The maximum atomic E-state index is 7.05. The summed E-state index contributed by atoms with van der Waals surface area (Å²) in [5, 5.41) is 7.03. The van der Waals surface area contributed by atoms with Gasteiger partial charge in [0.1, 0.15) is 12.4 Å². The van der Waals surface area contributed by atoms with Gasteiger partial charge in [0.15, 0.2) is 6.23 Å². The van der Waals surface area contributed by atoms with Crippen molar-refractivity contribution in [1.29, 1.82) is 0 Å². The Hall–Kier alpha value is -2.90. The number of pyridine rings is 1. The molecule has 0 amide bonds. The van der Waals surface area contributed by atoms with Gasteiger partial charge >= 0.3 is 0 Å². The molecule has 2 aromatic heterocycles. The molecule has 2 aromatic carbocycles. The van der Waals surface area contributed by atoms with Gasteiger partial charge in [0.05, 0.1) is 21.3 Å². The van der Waals surface area contributed by atoms with E-state index < -0.39 is 0 Å². The van der Waals surface area contributed by atoms with Crippen LogP contribution in [-0.2, 0) is 17.8 Å². The zero-order valence-corrected chi connectivity index (χ0v) is 27.5. The average molecular weight is 648 g/mol. The Morgan fingerprint density at radius 1 is 0.911 bits per heavy atom. The number of aromatic nitrogens is 3. The first-order chi connectivity index (χ1) is 22.0. The Bertz CT molecular complexity index is 1580. The van der Waals surface area contributed by atoms with Crippen molar-refractivity contribution in [2.24, 2.45) is 5.73 Å². The largest absolute Gasteiger partial charge is 0.489 e. The van der Waals surface area contributed by atoms with Crippen LogP contribution >= 0.6 is 23.2 Å². The fourth-order valence-electron chi connectivity index (χ4n) is 6.75. The minimum absolute atomic E-state index is 0.0778. The SMILES string of the molecule is NC1(Cc2cccc(/C=C/c3nn(C4CCCCO4)c4ccc(OCc5c(Cl)cncc5Cl)cc34)c2)CCCCCCCCC1. The molecule has 1 atom stereocenters. The first-order valence-electron chi connectivity index (χ1n) is 16.6. The molecule has 2 fully saturated rings. The van der Waals surface area contributed by atoms with E-state index in [-0.39, 0.29) is 18.4 Å². The van der Waals surface area contributed by atoms with Crippen LogP contribution in [0.5, 0.6) is 5.75 Å². The first-order valence-corrected chi connectivity index (χ1v) is 17.3. The van der Waals surface area contributed by atoms with Crippen molar-refractivity contribution < 1.29 is 9.47 Å². The molecule has 1 aliphatic carbocycles. The predicted octanol–water partition coefficient (Wildman–Crippen LogP) is 9.95. The molecule has 2 N–H and O–H groups in total. The van der Waals surface area contributed by atoms with Crippen LogP contribution in [0, 0.1) is 0 Å². The van der Waals surface area contributed by atoms with Gasteiger partial charge in [-0.3, -0.25) is 4.98 Å². The quantitative estimate of drug-likeness (QED) is 0.206. The Morgan fingerprint density at radius 2 is 1.67 bits per heavy atom. The number of fused-ring (bicyclic) bond motifs is 1. The van der Waals surface area contributed by atoms with E-state index in [1.807, 2.05) is 16.8 Å². The third-order valence-corrected chi connectivity index (χ3v) is 9.91. The summed E-state index contributed by atoms with van der Waals surface area (Å²) in [4.78, 5) is 4.04. The Balaban J connectivity index is 1.25. The van der Waals surface area contributed by atoms with Crippen molar-refractivity contribution in [2.45, 2.75) is 102 Å². The molecule has 1 saturated carbocycles. The molecule has 8 heteroatoms. The van der Waals surface area contributed by atoms with Gasteiger partial charge in [-0.05, 0) is 73.9 Å². The van der Waals surface area contributed by atoms with Gasteiger partial charge < -0.3 is 15.2 Å². The summed E-state index contributed by atoms with van der Waals surface area (Å²) in [6.45, 7) is 0.993. The number of nitrogens with zero attached hydrogens (tertiary/aromatic N) is 3. The van der Waals surface area contributed by atoms with Crippen LogP contribution in [0.3, 0.4) is 0 Å². The van der Waals surface area contributed by atoms with Crippen molar-refractivity contribution in [1.82, 2.24) is 14.8 Å². The minimum atomic E-state index is -0.129. The number of hydrogen-bond acceptors (Lipinski definition) is 5. The number of rotatable bonds is 8. The van der Waals surface area contributed by atoms with E-state index in [2.05, 4.69) is 47.5 Å². The smallest absolute Gasteiger partial charge is 0.150 e. The van der Waals surface area contributed by atoms with E-state index in [0.29, 0.717) is 21.4 Å². The second-order valence-corrected chi connectivity index (χ2v) is 13.6. The molecule has 6 rings (SSSR count). The van der Waals surface area contributed by atoms with E-state index in [1.165, 1.54) is 50.5 Å². The van der Waals surface area contributed by atoms with Gasteiger partial charge in [0.25, 0.3) is 0 Å². The molecule has 2 aliphatic rings. The molecule has 238 valence electrons. The van der Waals surface area contributed by atoms with Crippen LogP contribution in [0.4, 0.5) is 0 Å². The summed E-state index contributed by atoms with van der Waals surface area (Å²) in [5.41, 5.74) is 12.0. The summed E-state index contributed by atoms with van der Waals surface area (Å²) >= 11 is 12.7. The van der Waals surface area contributed by atoms with Crippen molar-refractivity contribution in [2.75, 3.05) is 6.61 Å². The van der Waals surface area contributed by atoms with Crippen molar-refractivity contribution in [3.8, 4) is 5.75 Å². The monoisotopic (exact) mass is 646 g/mol. The topological polar surface area (TPSA) is 75.2 Å². The highest BCUT2D eigenvalue weighted by Crippen LogP contribution is 2.33. The molecule has 6 nitrogen and oxygen atoms in total. The summed E-state index contributed by atoms with van der Waals surface area (Å²) in [7, 11) is 0. The van der Waals surface area contributed by atoms with E-state index in [0.717, 1.165) is 67.3 Å². The lowest BCUT2D eigenvalue weighted by Gasteiger charge is -2.31. The van der Waals surface area contributed by atoms with Gasteiger partial charge in [-0.1, -0.05) is 98.5 Å². The number of halogens is 2. The molecular formula is C37H44Cl2N4O2. The molecule has 0 bridgehead atoms. The molecular weight excluding hydrogens is 603 g/mol. The van der Waals surface area contributed by atoms with Crippen LogP contribution in [0.1, 0.15) is 106 Å². The summed E-state index contributed by atoms with van der Waals surface area (Å²) < 4.78 is 14.3. The third kappa shape index (κ3) is 8.28. The summed E-state index contributed by atoms with van der Waals surface area (Å²) in [5.74, 6) is 0.714. The lowest BCUT2D eigenvalue weighted by molar-refractivity contribution is -0.0367. The van der Waals surface area contributed by atoms with Crippen molar-refractivity contribution in [3.05, 3.63) is 87.3 Å². The molecule has 1 unspecified atom stereocenters. The van der Waals surface area contributed by atoms with E-state index in [9.17, 15) is 0 Å². The van der Waals surface area contributed by atoms with Crippen LogP contribution in [0.15, 0.2) is 54.9 Å². The lowest BCUT2D eigenvalue weighted by atomic mass is 9.81. The van der Waals surface area contributed by atoms with Gasteiger partial charge in [0, 0.05) is 35.5 Å². The van der Waals surface area contributed by atoms with Gasteiger partial charge in [0.2, 0.25) is 0 Å². The maximum absolute atomic E-state index is 7.05.